The number of amides is 1. The lowest BCUT2D eigenvalue weighted by molar-refractivity contribution is -0.130. The third kappa shape index (κ3) is 4.57. The molecule has 0 saturated carbocycles. The molecule has 1 unspecified atom stereocenters. The molecule has 1 amide bonds. The van der Waals surface area contributed by atoms with Crippen LogP contribution in [0.15, 0.2) is 18.2 Å². The molecule has 0 aliphatic carbocycles. The number of aromatic nitrogens is 2. The SMILES string of the molecule is CN(CCc1nc2ccc(F)cc2[nH]1)C(=O)CCC1CCCCN1C. The Bertz CT molecular complexity index is 729. The van der Waals surface area contributed by atoms with Crippen LogP contribution in [0.25, 0.3) is 11.0 Å². The molecule has 1 aliphatic rings. The summed E-state index contributed by atoms with van der Waals surface area (Å²) in [6.07, 6.45) is 5.90. The first-order chi connectivity index (χ1) is 12.0. The molecule has 0 radical (unpaired) electrons. The first-order valence-corrected chi connectivity index (χ1v) is 9.11. The molecule has 6 heteroatoms. The quantitative estimate of drug-likeness (QED) is 0.875. The maximum absolute atomic E-state index is 13.2. The van der Waals surface area contributed by atoms with Crippen LogP contribution in [-0.2, 0) is 11.2 Å². The van der Waals surface area contributed by atoms with Crippen LogP contribution < -0.4 is 0 Å². The highest BCUT2D eigenvalue weighted by atomic mass is 19.1. The van der Waals surface area contributed by atoms with E-state index in [0.29, 0.717) is 30.9 Å². The molecular weight excluding hydrogens is 319 g/mol. The molecule has 2 heterocycles. The summed E-state index contributed by atoms with van der Waals surface area (Å²) in [5.74, 6) is 0.691. The Morgan fingerprint density at radius 3 is 3.08 bits per heavy atom. The Morgan fingerprint density at radius 2 is 2.28 bits per heavy atom. The minimum Gasteiger partial charge on any atom is -0.345 e. The lowest BCUT2D eigenvalue weighted by Crippen LogP contribution is -2.37. The van der Waals surface area contributed by atoms with Crippen molar-refractivity contribution in [2.24, 2.45) is 0 Å². The van der Waals surface area contributed by atoms with Gasteiger partial charge < -0.3 is 14.8 Å². The minimum absolute atomic E-state index is 0.182. The molecule has 1 saturated heterocycles. The molecule has 1 fully saturated rings. The standard InChI is InChI=1S/C19H27FN4O/c1-23-11-4-3-5-15(23)7-9-19(25)24(2)12-10-18-21-16-8-6-14(20)13-17(16)22-18/h6,8,13,15H,3-5,7,9-12H2,1-2H3,(H,21,22). The van der Waals surface area contributed by atoms with E-state index in [1.807, 2.05) is 7.05 Å². The Kier molecular flexibility index (Phi) is 5.68. The fraction of sp³-hybridized carbons (Fsp3) is 0.579. The number of imidazole rings is 1. The number of H-pyrrole nitrogens is 1. The lowest BCUT2D eigenvalue weighted by atomic mass is 9.98. The molecule has 136 valence electrons. The van der Waals surface area contributed by atoms with Gasteiger partial charge in [-0.25, -0.2) is 9.37 Å². The van der Waals surface area contributed by atoms with Crippen molar-refractivity contribution in [2.75, 3.05) is 27.2 Å². The number of nitrogens with one attached hydrogen (secondary N) is 1. The summed E-state index contributed by atoms with van der Waals surface area (Å²) in [6, 6.07) is 5.06. The Morgan fingerprint density at radius 1 is 1.44 bits per heavy atom. The summed E-state index contributed by atoms with van der Waals surface area (Å²) in [5, 5.41) is 0. The van der Waals surface area contributed by atoms with Crippen LogP contribution in [0.5, 0.6) is 0 Å². The lowest BCUT2D eigenvalue weighted by Gasteiger charge is -2.32. The molecule has 1 aliphatic heterocycles. The molecule has 5 nitrogen and oxygen atoms in total. The summed E-state index contributed by atoms with van der Waals surface area (Å²) < 4.78 is 13.2. The Balaban J connectivity index is 1.47. The van der Waals surface area contributed by atoms with Gasteiger partial charge in [0, 0.05) is 32.5 Å². The van der Waals surface area contributed by atoms with Crippen molar-refractivity contribution in [1.82, 2.24) is 19.8 Å². The second kappa shape index (κ2) is 7.95. The van der Waals surface area contributed by atoms with Crippen molar-refractivity contribution in [3.8, 4) is 0 Å². The monoisotopic (exact) mass is 346 g/mol. The molecule has 25 heavy (non-hydrogen) atoms. The van der Waals surface area contributed by atoms with Crippen LogP contribution in [0.3, 0.4) is 0 Å². The van der Waals surface area contributed by atoms with Crippen molar-refractivity contribution in [1.29, 1.82) is 0 Å². The summed E-state index contributed by atoms with van der Waals surface area (Å²) in [7, 11) is 4.00. The zero-order valence-corrected chi connectivity index (χ0v) is 15.1. The first-order valence-electron chi connectivity index (χ1n) is 9.11. The van der Waals surface area contributed by atoms with E-state index in [4.69, 9.17) is 0 Å². The predicted octanol–water partition coefficient (Wildman–Crippen LogP) is 2.97. The Hall–Kier alpha value is -1.95. The number of hydrogen-bond donors (Lipinski definition) is 1. The van der Waals surface area contributed by atoms with Crippen LogP contribution >= 0.6 is 0 Å². The normalized spacial score (nSPS) is 18.6. The summed E-state index contributed by atoms with van der Waals surface area (Å²) in [4.78, 5) is 24.1. The molecule has 0 spiro atoms. The zero-order valence-electron chi connectivity index (χ0n) is 15.1. The number of piperidine rings is 1. The van der Waals surface area contributed by atoms with Gasteiger partial charge in [0.2, 0.25) is 5.91 Å². The van der Waals surface area contributed by atoms with Gasteiger partial charge in [0.05, 0.1) is 11.0 Å². The van der Waals surface area contributed by atoms with E-state index in [1.54, 1.807) is 11.0 Å². The number of nitrogens with zero attached hydrogens (tertiary/aromatic N) is 3. The number of hydrogen-bond acceptors (Lipinski definition) is 3. The number of benzene rings is 1. The van der Waals surface area contributed by atoms with E-state index in [1.165, 1.54) is 31.4 Å². The van der Waals surface area contributed by atoms with Gasteiger partial charge in [-0.3, -0.25) is 4.79 Å². The average Bonchev–Trinajstić information content (AvgIpc) is 3.00. The van der Waals surface area contributed by atoms with Gasteiger partial charge in [-0.1, -0.05) is 6.42 Å². The molecular formula is C19H27FN4O. The zero-order chi connectivity index (χ0) is 17.8. The van der Waals surface area contributed by atoms with Gasteiger partial charge in [0.15, 0.2) is 0 Å². The van der Waals surface area contributed by atoms with Gasteiger partial charge in [-0.05, 0) is 51.1 Å². The van der Waals surface area contributed by atoms with Crippen molar-refractivity contribution in [3.05, 3.63) is 29.8 Å². The second-order valence-corrected chi connectivity index (χ2v) is 7.08. The summed E-state index contributed by atoms with van der Waals surface area (Å²) >= 11 is 0. The van der Waals surface area contributed by atoms with Crippen LogP contribution in [0, 0.1) is 5.82 Å². The van der Waals surface area contributed by atoms with Crippen LogP contribution in [0.4, 0.5) is 4.39 Å². The summed E-state index contributed by atoms with van der Waals surface area (Å²) in [6.45, 7) is 1.75. The van der Waals surface area contributed by atoms with Crippen LogP contribution in [0.2, 0.25) is 0 Å². The molecule has 1 aromatic carbocycles. The van der Waals surface area contributed by atoms with Crippen molar-refractivity contribution in [2.45, 2.75) is 44.6 Å². The number of carbonyl (C=O) groups excluding carboxylic acids is 1. The van der Waals surface area contributed by atoms with E-state index in [2.05, 4.69) is 21.9 Å². The largest absolute Gasteiger partial charge is 0.345 e. The number of fused-ring (bicyclic) bond motifs is 1. The number of aromatic amines is 1. The maximum Gasteiger partial charge on any atom is 0.222 e. The van der Waals surface area contributed by atoms with Gasteiger partial charge >= 0.3 is 0 Å². The highest BCUT2D eigenvalue weighted by Crippen LogP contribution is 2.19. The Labute approximate surface area is 148 Å². The molecule has 2 aromatic rings. The van der Waals surface area contributed by atoms with Crippen molar-refractivity contribution in [3.63, 3.8) is 0 Å². The molecule has 1 atom stereocenters. The van der Waals surface area contributed by atoms with Gasteiger partial charge in [0.1, 0.15) is 11.6 Å². The maximum atomic E-state index is 13.2. The van der Waals surface area contributed by atoms with E-state index in [-0.39, 0.29) is 11.7 Å². The summed E-state index contributed by atoms with van der Waals surface area (Å²) in [5.41, 5.74) is 1.45. The topological polar surface area (TPSA) is 52.2 Å². The third-order valence-electron chi connectivity index (χ3n) is 5.22. The van der Waals surface area contributed by atoms with E-state index in [9.17, 15) is 9.18 Å². The van der Waals surface area contributed by atoms with Gasteiger partial charge in [-0.15, -0.1) is 0 Å². The third-order valence-corrected chi connectivity index (χ3v) is 5.22. The highest BCUT2D eigenvalue weighted by molar-refractivity contribution is 5.76. The average molecular weight is 346 g/mol. The van der Waals surface area contributed by atoms with Gasteiger partial charge in [-0.2, -0.15) is 0 Å². The van der Waals surface area contributed by atoms with E-state index >= 15 is 0 Å². The molecule has 1 aromatic heterocycles. The number of likely N-dealkylation sites (N-methyl/N-ethyl adjacent to an activating group) is 1. The fourth-order valence-electron chi connectivity index (χ4n) is 3.54. The molecule has 0 bridgehead atoms. The van der Waals surface area contributed by atoms with E-state index < -0.39 is 0 Å². The fourth-order valence-corrected chi connectivity index (χ4v) is 3.54. The minimum atomic E-state index is -0.275. The number of likely N-dealkylation sites (tertiary alicyclic amines) is 1. The van der Waals surface area contributed by atoms with Gasteiger partial charge in [0.25, 0.3) is 0 Å². The van der Waals surface area contributed by atoms with Crippen molar-refractivity contribution < 1.29 is 9.18 Å². The van der Waals surface area contributed by atoms with Crippen LogP contribution in [-0.4, -0.2) is 58.9 Å². The number of halogens is 1. The van der Waals surface area contributed by atoms with Crippen LogP contribution in [0.1, 0.15) is 37.9 Å². The first kappa shape index (κ1) is 17.9. The predicted molar refractivity (Wildman–Crippen MR) is 96.9 cm³/mol. The smallest absolute Gasteiger partial charge is 0.222 e. The molecule has 3 rings (SSSR count). The molecule has 1 N–H and O–H groups in total. The number of rotatable bonds is 6. The highest BCUT2D eigenvalue weighted by Gasteiger charge is 2.20. The van der Waals surface area contributed by atoms with E-state index in [0.717, 1.165) is 24.3 Å². The van der Waals surface area contributed by atoms with Crippen molar-refractivity contribution >= 4 is 16.9 Å². The second-order valence-electron chi connectivity index (χ2n) is 7.08. The number of carbonyl (C=O) groups is 1.